The Hall–Kier alpha value is -0.930. The molecule has 1 atom stereocenters. The van der Waals surface area contributed by atoms with E-state index >= 15 is 0 Å². The lowest BCUT2D eigenvalue weighted by Crippen LogP contribution is -2.32. The lowest BCUT2D eigenvalue weighted by Gasteiger charge is -2.16. The Morgan fingerprint density at radius 1 is 1.40 bits per heavy atom. The standard InChI is InChI=1S/C12H20N2O/c1-3-8-15-10-12(13-2)9-11-4-6-14-7-5-11/h4-7,12-13H,3,8-10H2,1-2H3. The van der Waals surface area contributed by atoms with E-state index in [0.717, 1.165) is 26.1 Å². The normalized spacial score (nSPS) is 12.7. The highest BCUT2D eigenvalue weighted by molar-refractivity contribution is 5.11. The van der Waals surface area contributed by atoms with E-state index in [2.05, 4.69) is 17.2 Å². The second kappa shape index (κ2) is 7.37. The van der Waals surface area contributed by atoms with Crippen molar-refractivity contribution in [1.29, 1.82) is 0 Å². The molecule has 1 aromatic heterocycles. The number of aromatic nitrogens is 1. The van der Waals surface area contributed by atoms with Crippen LogP contribution in [0.3, 0.4) is 0 Å². The van der Waals surface area contributed by atoms with Crippen LogP contribution < -0.4 is 5.32 Å². The van der Waals surface area contributed by atoms with Gasteiger partial charge in [0, 0.05) is 25.0 Å². The molecule has 1 aromatic rings. The summed E-state index contributed by atoms with van der Waals surface area (Å²) >= 11 is 0. The van der Waals surface area contributed by atoms with Crippen LogP contribution in [0.15, 0.2) is 24.5 Å². The van der Waals surface area contributed by atoms with E-state index in [-0.39, 0.29) is 0 Å². The lowest BCUT2D eigenvalue weighted by molar-refractivity contribution is 0.114. The summed E-state index contributed by atoms with van der Waals surface area (Å²) in [5.74, 6) is 0. The summed E-state index contributed by atoms with van der Waals surface area (Å²) < 4.78 is 5.53. The van der Waals surface area contributed by atoms with Crippen LogP contribution in [0.1, 0.15) is 18.9 Å². The number of nitrogens with zero attached hydrogens (tertiary/aromatic N) is 1. The van der Waals surface area contributed by atoms with Crippen LogP contribution in [0, 0.1) is 0 Å². The Morgan fingerprint density at radius 2 is 2.13 bits per heavy atom. The molecule has 1 heterocycles. The fraction of sp³-hybridized carbons (Fsp3) is 0.583. The first-order valence-corrected chi connectivity index (χ1v) is 5.50. The third-order valence-electron chi connectivity index (χ3n) is 2.31. The molecule has 0 spiro atoms. The van der Waals surface area contributed by atoms with Gasteiger partial charge in [-0.3, -0.25) is 4.98 Å². The molecule has 0 aliphatic carbocycles. The van der Waals surface area contributed by atoms with Gasteiger partial charge in [0.25, 0.3) is 0 Å². The molecule has 0 aromatic carbocycles. The van der Waals surface area contributed by atoms with E-state index in [0.29, 0.717) is 6.04 Å². The van der Waals surface area contributed by atoms with Crippen LogP contribution >= 0.6 is 0 Å². The maximum atomic E-state index is 5.53. The number of nitrogens with one attached hydrogen (secondary N) is 1. The molecule has 15 heavy (non-hydrogen) atoms. The largest absolute Gasteiger partial charge is 0.380 e. The van der Waals surface area contributed by atoms with E-state index in [9.17, 15) is 0 Å². The van der Waals surface area contributed by atoms with Crippen molar-refractivity contribution in [2.45, 2.75) is 25.8 Å². The summed E-state index contributed by atoms with van der Waals surface area (Å²) in [6.45, 7) is 3.73. The predicted octanol–water partition coefficient (Wildman–Crippen LogP) is 1.64. The second-order valence-corrected chi connectivity index (χ2v) is 3.62. The minimum atomic E-state index is 0.388. The number of rotatable bonds is 7. The van der Waals surface area contributed by atoms with Gasteiger partial charge in [-0.15, -0.1) is 0 Å². The Labute approximate surface area is 91.9 Å². The number of likely N-dealkylation sites (N-methyl/N-ethyl adjacent to an activating group) is 1. The summed E-state index contributed by atoms with van der Waals surface area (Å²) in [5, 5.41) is 3.26. The maximum Gasteiger partial charge on any atom is 0.0622 e. The summed E-state index contributed by atoms with van der Waals surface area (Å²) in [6, 6.07) is 4.48. The van der Waals surface area contributed by atoms with Gasteiger partial charge in [0.15, 0.2) is 0 Å². The van der Waals surface area contributed by atoms with E-state index in [1.165, 1.54) is 5.56 Å². The van der Waals surface area contributed by atoms with Crippen molar-refractivity contribution in [1.82, 2.24) is 10.3 Å². The van der Waals surface area contributed by atoms with E-state index in [1.807, 2.05) is 31.6 Å². The lowest BCUT2D eigenvalue weighted by atomic mass is 10.1. The third kappa shape index (κ3) is 4.91. The average molecular weight is 208 g/mol. The van der Waals surface area contributed by atoms with Gasteiger partial charge in [-0.2, -0.15) is 0 Å². The highest BCUT2D eigenvalue weighted by Crippen LogP contribution is 2.02. The van der Waals surface area contributed by atoms with Crippen LogP contribution in [0.4, 0.5) is 0 Å². The van der Waals surface area contributed by atoms with Gasteiger partial charge >= 0.3 is 0 Å². The first kappa shape index (κ1) is 12.1. The molecule has 0 saturated carbocycles. The number of ether oxygens (including phenoxy) is 1. The molecule has 0 saturated heterocycles. The molecular weight excluding hydrogens is 188 g/mol. The molecule has 1 rings (SSSR count). The van der Waals surface area contributed by atoms with Crippen LogP contribution in [0.25, 0.3) is 0 Å². The van der Waals surface area contributed by atoms with Crippen molar-refractivity contribution in [2.75, 3.05) is 20.3 Å². The van der Waals surface area contributed by atoms with Gasteiger partial charge in [-0.25, -0.2) is 0 Å². The van der Waals surface area contributed by atoms with Gasteiger partial charge in [-0.1, -0.05) is 6.92 Å². The Bertz CT molecular complexity index is 251. The maximum absolute atomic E-state index is 5.53. The fourth-order valence-corrected chi connectivity index (χ4v) is 1.42. The third-order valence-corrected chi connectivity index (χ3v) is 2.31. The number of hydrogen-bond donors (Lipinski definition) is 1. The highest BCUT2D eigenvalue weighted by Gasteiger charge is 2.06. The minimum absolute atomic E-state index is 0.388. The molecule has 1 unspecified atom stereocenters. The molecule has 3 heteroatoms. The van der Waals surface area contributed by atoms with Gasteiger partial charge in [0.1, 0.15) is 0 Å². The van der Waals surface area contributed by atoms with E-state index in [4.69, 9.17) is 4.74 Å². The Morgan fingerprint density at radius 3 is 2.73 bits per heavy atom. The van der Waals surface area contributed by atoms with Crippen molar-refractivity contribution < 1.29 is 4.74 Å². The van der Waals surface area contributed by atoms with Gasteiger partial charge < -0.3 is 10.1 Å². The van der Waals surface area contributed by atoms with Gasteiger partial charge in [0.2, 0.25) is 0 Å². The van der Waals surface area contributed by atoms with Crippen LogP contribution in [0.5, 0.6) is 0 Å². The SMILES string of the molecule is CCCOCC(Cc1ccncc1)NC. The minimum Gasteiger partial charge on any atom is -0.380 e. The molecule has 0 fully saturated rings. The van der Waals surface area contributed by atoms with Crippen LogP contribution in [-0.4, -0.2) is 31.3 Å². The van der Waals surface area contributed by atoms with E-state index in [1.54, 1.807) is 0 Å². The molecule has 0 aliphatic heterocycles. The Balaban J connectivity index is 2.33. The van der Waals surface area contributed by atoms with Crippen LogP contribution in [-0.2, 0) is 11.2 Å². The second-order valence-electron chi connectivity index (χ2n) is 3.62. The summed E-state index contributed by atoms with van der Waals surface area (Å²) in [5.41, 5.74) is 1.30. The molecule has 1 N–H and O–H groups in total. The molecule has 0 aliphatic rings. The quantitative estimate of drug-likeness (QED) is 0.692. The summed E-state index contributed by atoms with van der Waals surface area (Å²) in [7, 11) is 1.97. The molecule has 0 bridgehead atoms. The number of hydrogen-bond acceptors (Lipinski definition) is 3. The average Bonchev–Trinajstić information content (AvgIpc) is 2.29. The predicted molar refractivity (Wildman–Crippen MR) is 61.9 cm³/mol. The van der Waals surface area contributed by atoms with Crippen molar-refractivity contribution in [3.05, 3.63) is 30.1 Å². The topological polar surface area (TPSA) is 34.1 Å². The molecule has 84 valence electrons. The number of pyridine rings is 1. The molecule has 0 amide bonds. The zero-order valence-electron chi connectivity index (χ0n) is 9.57. The fourth-order valence-electron chi connectivity index (χ4n) is 1.42. The molecular formula is C12H20N2O. The van der Waals surface area contributed by atoms with Crippen molar-refractivity contribution in [3.8, 4) is 0 Å². The molecule has 3 nitrogen and oxygen atoms in total. The zero-order valence-corrected chi connectivity index (χ0v) is 9.57. The smallest absolute Gasteiger partial charge is 0.0622 e. The van der Waals surface area contributed by atoms with E-state index < -0.39 is 0 Å². The highest BCUT2D eigenvalue weighted by atomic mass is 16.5. The monoisotopic (exact) mass is 208 g/mol. The van der Waals surface area contributed by atoms with Crippen molar-refractivity contribution in [3.63, 3.8) is 0 Å². The Kier molecular flexibility index (Phi) is 5.97. The van der Waals surface area contributed by atoms with Gasteiger partial charge in [-0.05, 0) is 37.6 Å². The zero-order chi connectivity index (χ0) is 10.9. The summed E-state index contributed by atoms with van der Waals surface area (Å²) in [6.07, 6.45) is 5.72. The van der Waals surface area contributed by atoms with Crippen molar-refractivity contribution in [2.24, 2.45) is 0 Å². The first-order chi connectivity index (χ1) is 7.36. The van der Waals surface area contributed by atoms with Crippen molar-refractivity contribution >= 4 is 0 Å². The van der Waals surface area contributed by atoms with Crippen LogP contribution in [0.2, 0.25) is 0 Å². The summed E-state index contributed by atoms with van der Waals surface area (Å²) in [4.78, 5) is 4.00. The van der Waals surface area contributed by atoms with Gasteiger partial charge in [0.05, 0.1) is 6.61 Å². The first-order valence-electron chi connectivity index (χ1n) is 5.50. The molecule has 0 radical (unpaired) electrons.